The van der Waals surface area contributed by atoms with Gasteiger partial charge in [-0.25, -0.2) is 0 Å². The predicted molar refractivity (Wildman–Crippen MR) is 100 cm³/mol. The van der Waals surface area contributed by atoms with Crippen molar-refractivity contribution in [3.05, 3.63) is 66.0 Å². The summed E-state index contributed by atoms with van der Waals surface area (Å²) in [6.07, 6.45) is 3.44. The third-order valence-corrected chi connectivity index (χ3v) is 5.23. The van der Waals surface area contributed by atoms with E-state index in [0.29, 0.717) is 11.1 Å². The maximum absolute atomic E-state index is 12.7. The minimum absolute atomic E-state index is 0.341. The first-order valence-corrected chi connectivity index (χ1v) is 8.32. The number of carbonyl (C=O) groups is 2. The Bertz CT molecular complexity index is 1450. The Morgan fingerprint density at radius 1 is 0.769 bits per heavy atom. The van der Waals surface area contributed by atoms with E-state index in [1.165, 1.54) is 0 Å². The van der Waals surface area contributed by atoms with Crippen LogP contribution in [0.5, 0.6) is 0 Å². The van der Waals surface area contributed by atoms with E-state index in [1.807, 2.05) is 42.5 Å². The summed E-state index contributed by atoms with van der Waals surface area (Å²) in [5, 5.41) is 7.82. The van der Waals surface area contributed by atoms with E-state index in [0.717, 1.165) is 43.4 Å². The highest BCUT2D eigenvalue weighted by Crippen LogP contribution is 2.41. The van der Waals surface area contributed by atoms with Crippen molar-refractivity contribution >= 4 is 55.2 Å². The van der Waals surface area contributed by atoms with E-state index in [2.05, 4.69) is 15.3 Å². The Labute approximate surface area is 146 Å². The molecule has 1 aliphatic heterocycles. The van der Waals surface area contributed by atoms with Crippen LogP contribution in [-0.2, 0) is 0 Å². The van der Waals surface area contributed by atoms with Crippen LogP contribution < -0.4 is 5.32 Å². The van der Waals surface area contributed by atoms with Gasteiger partial charge in [-0.1, -0.05) is 36.4 Å². The third kappa shape index (κ3) is 1.48. The summed E-state index contributed by atoms with van der Waals surface area (Å²) in [5.41, 5.74) is 2.65. The molecular formula is C21H11N3O2. The van der Waals surface area contributed by atoms with Gasteiger partial charge in [0.05, 0.1) is 16.6 Å². The number of hydrogen-bond acceptors (Lipinski definition) is 3. The number of benzene rings is 3. The molecule has 0 saturated heterocycles. The van der Waals surface area contributed by atoms with Gasteiger partial charge in [0.25, 0.3) is 11.8 Å². The van der Waals surface area contributed by atoms with E-state index in [9.17, 15) is 9.59 Å². The molecule has 2 aromatic heterocycles. The average molecular weight is 337 g/mol. The molecule has 6 rings (SSSR count). The minimum atomic E-state index is -0.352. The fourth-order valence-electron chi connectivity index (χ4n) is 4.18. The highest BCUT2D eigenvalue weighted by molar-refractivity contribution is 6.39. The lowest BCUT2D eigenvalue weighted by Crippen LogP contribution is -2.20. The zero-order valence-electron chi connectivity index (χ0n) is 13.5. The van der Waals surface area contributed by atoms with Crippen LogP contribution in [0.3, 0.4) is 0 Å². The number of amides is 2. The Morgan fingerprint density at radius 3 is 2.46 bits per heavy atom. The Balaban J connectivity index is 2.03. The molecular weight excluding hydrogens is 326 g/mol. The van der Waals surface area contributed by atoms with Crippen LogP contribution in [-0.4, -0.2) is 21.8 Å². The van der Waals surface area contributed by atoms with Gasteiger partial charge in [-0.15, -0.1) is 0 Å². The lowest BCUT2D eigenvalue weighted by Gasteiger charge is -2.09. The molecule has 5 nitrogen and oxygen atoms in total. The lowest BCUT2D eigenvalue weighted by atomic mass is 9.91. The molecule has 122 valence electrons. The summed E-state index contributed by atoms with van der Waals surface area (Å²) >= 11 is 0. The Kier molecular flexibility index (Phi) is 2.32. The minimum Gasteiger partial charge on any atom is -0.354 e. The standard InChI is InChI=1S/C21H11N3O2/c25-20-17-15-11-4-2-1-3-10(11)5-6-12(15)19-16(18(17)21(26)24-20)13-9-22-8-7-14(13)23-19/h1-9,23H,(H,24,25,26). The summed E-state index contributed by atoms with van der Waals surface area (Å²) in [7, 11) is 0. The number of fused-ring (bicyclic) bond motifs is 10. The number of H-pyrrole nitrogens is 1. The first kappa shape index (κ1) is 13.5. The number of hydrogen-bond donors (Lipinski definition) is 2. The molecule has 0 saturated carbocycles. The predicted octanol–water partition coefficient (Wildman–Crippen LogP) is 3.91. The van der Waals surface area contributed by atoms with Crippen molar-refractivity contribution in [1.82, 2.24) is 15.3 Å². The zero-order chi connectivity index (χ0) is 17.4. The van der Waals surface area contributed by atoms with Crippen LogP contribution >= 0.6 is 0 Å². The molecule has 3 aromatic carbocycles. The van der Waals surface area contributed by atoms with Crippen LogP contribution in [0.4, 0.5) is 0 Å². The summed E-state index contributed by atoms with van der Waals surface area (Å²) in [6.45, 7) is 0. The van der Waals surface area contributed by atoms with Crippen LogP contribution in [0.1, 0.15) is 20.7 Å². The molecule has 0 atom stereocenters. The SMILES string of the molecule is O=C1NC(=O)c2c1c1c3ccccc3ccc1c1[nH]c3ccncc3c21. The molecule has 0 radical (unpaired) electrons. The first-order valence-electron chi connectivity index (χ1n) is 8.32. The van der Waals surface area contributed by atoms with Gasteiger partial charge in [-0.3, -0.25) is 19.9 Å². The van der Waals surface area contributed by atoms with Gasteiger partial charge in [0.15, 0.2) is 0 Å². The van der Waals surface area contributed by atoms with Gasteiger partial charge >= 0.3 is 0 Å². The molecule has 5 aromatic rings. The van der Waals surface area contributed by atoms with E-state index < -0.39 is 0 Å². The molecule has 3 heterocycles. The van der Waals surface area contributed by atoms with Crippen molar-refractivity contribution in [3.63, 3.8) is 0 Å². The molecule has 0 bridgehead atoms. The molecule has 2 amide bonds. The summed E-state index contributed by atoms with van der Waals surface area (Å²) in [6, 6.07) is 13.8. The number of pyridine rings is 1. The number of carbonyl (C=O) groups excluding carboxylic acids is 2. The van der Waals surface area contributed by atoms with Gasteiger partial charge in [0, 0.05) is 39.5 Å². The molecule has 26 heavy (non-hydrogen) atoms. The third-order valence-electron chi connectivity index (χ3n) is 5.23. The molecule has 1 aliphatic rings. The normalized spacial score (nSPS) is 13.8. The van der Waals surface area contributed by atoms with Gasteiger partial charge in [0.2, 0.25) is 0 Å². The summed E-state index contributed by atoms with van der Waals surface area (Å²) < 4.78 is 0. The van der Waals surface area contributed by atoms with E-state index >= 15 is 0 Å². The maximum Gasteiger partial charge on any atom is 0.259 e. The van der Waals surface area contributed by atoms with Crippen LogP contribution in [0.2, 0.25) is 0 Å². The van der Waals surface area contributed by atoms with Gasteiger partial charge in [0.1, 0.15) is 0 Å². The fourth-order valence-corrected chi connectivity index (χ4v) is 4.18. The number of aromatic nitrogens is 2. The summed E-state index contributed by atoms with van der Waals surface area (Å²) in [4.78, 5) is 32.9. The fraction of sp³-hybridized carbons (Fsp3) is 0. The van der Waals surface area contributed by atoms with Crippen molar-refractivity contribution in [1.29, 1.82) is 0 Å². The smallest absolute Gasteiger partial charge is 0.259 e. The lowest BCUT2D eigenvalue weighted by molar-refractivity contribution is 0.0880. The van der Waals surface area contributed by atoms with Crippen molar-refractivity contribution < 1.29 is 9.59 Å². The van der Waals surface area contributed by atoms with Crippen LogP contribution in [0, 0.1) is 0 Å². The molecule has 0 spiro atoms. The second-order valence-corrected chi connectivity index (χ2v) is 6.54. The molecule has 5 heteroatoms. The number of imide groups is 1. The molecule has 0 fully saturated rings. The quantitative estimate of drug-likeness (QED) is 0.332. The Morgan fingerprint density at radius 2 is 1.58 bits per heavy atom. The first-order chi connectivity index (χ1) is 12.7. The van der Waals surface area contributed by atoms with Gasteiger partial charge in [-0.05, 0) is 16.8 Å². The average Bonchev–Trinajstić information content (AvgIpc) is 3.19. The van der Waals surface area contributed by atoms with Crippen LogP contribution in [0.15, 0.2) is 54.9 Å². The second-order valence-electron chi connectivity index (χ2n) is 6.54. The summed E-state index contributed by atoms with van der Waals surface area (Å²) in [5.74, 6) is -0.693. The van der Waals surface area contributed by atoms with Gasteiger partial charge < -0.3 is 4.98 Å². The number of nitrogens with zero attached hydrogens (tertiary/aromatic N) is 1. The number of nitrogens with one attached hydrogen (secondary N) is 2. The van der Waals surface area contributed by atoms with E-state index in [1.54, 1.807) is 12.4 Å². The van der Waals surface area contributed by atoms with E-state index in [-0.39, 0.29) is 11.8 Å². The molecule has 2 N–H and O–H groups in total. The second kappa shape index (κ2) is 4.46. The maximum atomic E-state index is 12.7. The van der Waals surface area contributed by atoms with Crippen molar-refractivity contribution in [2.75, 3.05) is 0 Å². The highest BCUT2D eigenvalue weighted by Gasteiger charge is 2.33. The molecule has 0 unspecified atom stereocenters. The number of rotatable bonds is 0. The topological polar surface area (TPSA) is 74.8 Å². The van der Waals surface area contributed by atoms with Crippen molar-refractivity contribution in [2.24, 2.45) is 0 Å². The highest BCUT2D eigenvalue weighted by atomic mass is 16.2. The van der Waals surface area contributed by atoms with Crippen molar-refractivity contribution in [3.8, 4) is 0 Å². The zero-order valence-corrected chi connectivity index (χ0v) is 13.5. The van der Waals surface area contributed by atoms with E-state index in [4.69, 9.17) is 0 Å². The largest absolute Gasteiger partial charge is 0.354 e. The molecule has 0 aliphatic carbocycles. The van der Waals surface area contributed by atoms with Gasteiger partial charge in [-0.2, -0.15) is 0 Å². The number of aromatic amines is 1. The van der Waals surface area contributed by atoms with Crippen molar-refractivity contribution in [2.45, 2.75) is 0 Å². The Hall–Kier alpha value is -3.73. The monoisotopic (exact) mass is 337 g/mol. The van der Waals surface area contributed by atoms with Crippen LogP contribution in [0.25, 0.3) is 43.4 Å².